The molecule has 0 saturated heterocycles. The number of halogens is 1. The molecule has 2 aromatic rings. The van der Waals surface area contributed by atoms with Gasteiger partial charge in [-0.05, 0) is 42.7 Å². The number of thioether (sulfide) groups is 1. The summed E-state index contributed by atoms with van der Waals surface area (Å²) in [7, 11) is 0. The molecule has 1 amide bonds. The number of rotatable bonds is 9. The summed E-state index contributed by atoms with van der Waals surface area (Å²) >= 11 is 1.59. The van der Waals surface area contributed by atoms with Gasteiger partial charge < -0.3 is 10.1 Å². The highest BCUT2D eigenvalue weighted by Crippen LogP contribution is 2.16. The fraction of sp³-hybridized carbons (Fsp3) is 0.350. The lowest BCUT2D eigenvalue weighted by molar-refractivity contribution is -0.127. The molecule has 25 heavy (non-hydrogen) atoms. The quantitative estimate of drug-likeness (QED) is 0.675. The number of amides is 1. The van der Waals surface area contributed by atoms with Gasteiger partial charge in [-0.2, -0.15) is 11.8 Å². The monoisotopic (exact) mass is 361 g/mol. The van der Waals surface area contributed by atoms with Crippen molar-refractivity contribution in [1.82, 2.24) is 5.32 Å². The van der Waals surface area contributed by atoms with Gasteiger partial charge in [-0.3, -0.25) is 4.79 Å². The second-order valence-corrected chi connectivity index (χ2v) is 6.87. The van der Waals surface area contributed by atoms with Crippen molar-refractivity contribution in [3.8, 4) is 5.75 Å². The van der Waals surface area contributed by atoms with Crippen molar-refractivity contribution in [2.24, 2.45) is 0 Å². The highest BCUT2D eigenvalue weighted by molar-refractivity contribution is 7.98. The molecule has 3 nitrogen and oxygen atoms in total. The van der Waals surface area contributed by atoms with Crippen LogP contribution in [0.2, 0.25) is 0 Å². The molecule has 0 aliphatic rings. The second-order valence-electron chi connectivity index (χ2n) is 5.77. The highest BCUT2D eigenvalue weighted by Gasteiger charge is 2.17. The third kappa shape index (κ3) is 6.42. The number of carbonyl (C=O) groups is 1. The van der Waals surface area contributed by atoms with Gasteiger partial charge in [0.15, 0.2) is 6.10 Å². The molecule has 2 aromatic carbocycles. The molecule has 0 aliphatic heterocycles. The lowest BCUT2D eigenvalue weighted by Gasteiger charge is -2.17. The highest BCUT2D eigenvalue weighted by atomic mass is 32.2. The summed E-state index contributed by atoms with van der Waals surface area (Å²) < 4.78 is 19.3. The second kappa shape index (κ2) is 10.1. The van der Waals surface area contributed by atoms with Crippen molar-refractivity contribution in [2.75, 3.05) is 12.3 Å². The predicted molar refractivity (Wildman–Crippen MR) is 101 cm³/mol. The van der Waals surface area contributed by atoms with E-state index in [9.17, 15) is 9.18 Å². The Morgan fingerprint density at radius 2 is 2.04 bits per heavy atom. The van der Waals surface area contributed by atoms with Crippen molar-refractivity contribution < 1.29 is 13.9 Å². The molecular formula is C20H24FNO2S. The average molecular weight is 361 g/mol. The zero-order chi connectivity index (χ0) is 18.1. The average Bonchev–Trinajstić information content (AvgIpc) is 2.60. The molecule has 0 aliphatic carbocycles. The third-order valence-electron chi connectivity index (χ3n) is 3.69. The molecule has 0 aromatic heterocycles. The van der Waals surface area contributed by atoms with Gasteiger partial charge in [-0.15, -0.1) is 0 Å². The first-order chi connectivity index (χ1) is 12.1. The van der Waals surface area contributed by atoms with Crippen LogP contribution in [0.5, 0.6) is 5.75 Å². The first kappa shape index (κ1) is 19.3. The van der Waals surface area contributed by atoms with Gasteiger partial charge >= 0.3 is 0 Å². The Morgan fingerprint density at radius 1 is 1.24 bits per heavy atom. The van der Waals surface area contributed by atoms with Crippen molar-refractivity contribution in [1.29, 1.82) is 0 Å². The van der Waals surface area contributed by atoms with Crippen LogP contribution in [-0.2, 0) is 10.5 Å². The Bertz CT molecular complexity index is 693. The van der Waals surface area contributed by atoms with Crippen LogP contribution in [0.3, 0.4) is 0 Å². The standard InChI is InChI=1S/C20H24FNO2S/c1-3-19(24-17-9-6-7-15(2)13-17)20(23)22-11-12-25-14-16-8-4-5-10-18(16)21/h4-10,13,19H,3,11-12,14H2,1-2H3,(H,22,23)/t19-/m1/s1. The van der Waals surface area contributed by atoms with E-state index in [1.807, 2.05) is 44.2 Å². The van der Waals surface area contributed by atoms with Gasteiger partial charge in [0.05, 0.1) is 0 Å². The minimum Gasteiger partial charge on any atom is -0.481 e. The van der Waals surface area contributed by atoms with Crippen molar-refractivity contribution in [3.63, 3.8) is 0 Å². The van der Waals surface area contributed by atoms with E-state index in [0.29, 0.717) is 30.0 Å². The van der Waals surface area contributed by atoms with Crippen LogP contribution in [0.4, 0.5) is 4.39 Å². The van der Waals surface area contributed by atoms with E-state index in [-0.39, 0.29) is 11.7 Å². The molecule has 2 rings (SSSR count). The maximum Gasteiger partial charge on any atom is 0.261 e. The van der Waals surface area contributed by atoms with Gasteiger partial charge in [0.2, 0.25) is 0 Å². The molecule has 0 fully saturated rings. The zero-order valence-corrected chi connectivity index (χ0v) is 15.4. The number of hydrogen-bond acceptors (Lipinski definition) is 3. The lowest BCUT2D eigenvalue weighted by atomic mass is 10.2. The molecular weight excluding hydrogens is 337 g/mol. The third-order valence-corrected chi connectivity index (χ3v) is 4.70. The molecule has 0 saturated carbocycles. The van der Waals surface area contributed by atoms with Gasteiger partial charge in [-0.25, -0.2) is 4.39 Å². The predicted octanol–water partition coefficient (Wildman–Crippen LogP) is 4.34. The molecule has 5 heteroatoms. The molecule has 1 N–H and O–H groups in total. The lowest BCUT2D eigenvalue weighted by Crippen LogP contribution is -2.39. The van der Waals surface area contributed by atoms with Gasteiger partial charge in [0, 0.05) is 18.1 Å². The summed E-state index contributed by atoms with van der Waals surface area (Å²) in [6.45, 7) is 4.44. The first-order valence-electron chi connectivity index (χ1n) is 8.42. The normalized spacial score (nSPS) is 11.8. The first-order valence-corrected chi connectivity index (χ1v) is 9.57. The van der Waals surface area contributed by atoms with E-state index >= 15 is 0 Å². The van der Waals surface area contributed by atoms with E-state index < -0.39 is 6.10 Å². The molecule has 0 spiro atoms. The smallest absolute Gasteiger partial charge is 0.261 e. The van der Waals surface area contributed by atoms with Gasteiger partial charge in [-0.1, -0.05) is 37.3 Å². The summed E-state index contributed by atoms with van der Waals surface area (Å²) in [5.41, 5.74) is 1.78. The zero-order valence-electron chi connectivity index (χ0n) is 14.6. The summed E-state index contributed by atoms with van der Waals surface area (Å²) in [6, 6.07) is 14.4. The summed E-state index contributed by atoms with van der Waals surface area (Å²) in [5, 5.41) is 2.89. The topological polar surface area (TPSA) is 38.3 Å². The van der Waals surface area contributed by atoms with E-state index in [2.05, 4.69) is 5.32 Å². The van der Waals surface area contributed by atoms with Crippen LogP contribution in [0, 0.1) is 12.7 Å². The fourth-order valence-corrected chi connectivity index (χ4v) is 3.18. The maximum atomic E-state index is 13.5. The number of ether oxygens (including phenoxy) is 1. The Hall–Kier alpha value is -2.01. The molecule has 1 atom stereocenters. The Balaban J connectivity index is 1.72. The summed E-state index contributed by atoms with van der Waals surface area (Å²) in [5.74, 6) is 1.73. The number of nitrogens with one attached hydrogen (secondary N) is 1. The summed E-state index contributed by atoms with van der Waals surface area (Å²) in [4.78, 5) is 12.2. The minimum atomic E-state index is -0.502. The van der Waals surface area contributed by atoms with Crippen LogP contribution in [0.25, 0.3) is 0 Å². The largest absolute Gasteiger partial charge is 0.481 e. The summed E-state index contributed by atoms with van der Waals surface area (Å²) in [6.07, 6.45) is 0.0978. The molecule has 0 radical (unpaired) electrons. The van der Waals surface area contributed by atoms with Crippen molar-refractivity contribution in [2.45, 2.75) is 32.1 Å². The van der Waals surface area contributed by atoms with E-state index in [0.717, 1.165) is 11.3 Å². The van der Waals surface area contributed by atoms with Crippen LogP contribution >= 0.6 is 11.8 Å². The minimum absolute atomic E-state index is 0.115. The Morgan fingerprint density at radius 3 is 2.76 bits per heavy atom. The number of hydrogen-bond donors (Lipinski definition) is 1. The van der Waals surface area contributed by atoms with Crippen LogP contribution < -0.4 is 10.1 Å². The maximum absolute atomic E-state index is 13.5. The van der Waals surface area contributed by atoms with Crippen LogP contribution in [0.15, 0.2) is 48.5 Å². The molecule has 0 unspecified atom stereocenters. The molecule has 0 bridgehead atoms. The van der Waals surface area contributed by atoms with E-state index in [1.165, 1.54) is 6.07 Å². The van der Waals surface area contributed by atoms with E-state index in [1.54, 1.807) is 23.9 Å². The van der Waals surface area contributed by atoms with Gasteiger partial charge in [0.25, 0.3) is 5.91 Å². The molecule has 134 valence electrons. The van der Waals surface area contributed by atoms with Crippen LogP contribution in [-0.4, -0.2) is 24.3 Å². The van der Waals surface area contributed by atoms with E-state index in [4.69, 9.17) is 4.74 Å². The number of aryl methyl sites for hydroxylation is 1. The van der Waals surface area contributed by atoms with Crippen molar-refractivity contribution in [3.05, 3.63) is 65.5 Å². The fourth-order valence-electron chi connectivity index (χ4n) is 2.33. The SMILES string of the molecule is CC[C@@H](Oc1cccc(C)c1)C(=O)NCCSCc1ccccc1F. The molecule has 0 heterocycles. The van der Waals surface area contributed by atoms with Crippen LogP contribution in [0.1, 0.15) is 24.5 Å². The van der Waals surface area contributed by atoms with Gasteiger partial charge in [0.1, 0.15) is 11.6 Å². The van der Waals surface area contributed by atoms with Crippen molar-refractivity contribution >= 4 is 17.7 Å². The Kier molecular flexibility index (Phi) is 7.79. The Labute approximate surface area is 153 Å². The number of carbonyl (C=O) groups excluding carboxylic acids is 1. The number of benzene rings is 2.